The second-order valence-electron chi connectivity index (χ2n) is 12.8. The van der Waals surface area contributed by atoms with E-state index in [1.54, 1.807) is 4.90 Å². The lowest BCUT2D eigenvalue weighted by molar-refractivity contribution is -0.128. The molecule has 0 aliphatic carbocycles. The molecule has 2 unspecified atom stereocenters. The number of aromatic nitrogens is 1. The number of anilines is 2. The van der Waals surface area contributed by atoms with Crippen LogP contribution in [0, 0.1) is 29.6 Å². The highest BCUT2D eigenvalue weighted by Crippen LogP contribution is 2.40. The van der Waals surface area contributed by atoms with Crippen molar-refractivity contribution in [3.8, 4) is 18.0 Å². The van der Waals surface area contributed by atoms with Gasteiger partial charge in [-0.15, -0.1) is 0 Å². The van der Waals surface area contributed by atoms with Gasteiger partial charge in [-0.1, -0.05) is 36.9 Å². The van der Waals surface area contributed by atoms with E-state index in [0.717, 1.165) is 42.1 Å². The maximum Gasteiger partial charge on any atom is 0.246 e. The highest BCUT2D eigenvalue weighted by atomic mass is 19.1. The van der Waals surface area contributed by atoms with Crippen molar-refractivity contribution in [2.24, 2.45) is 0 Å². The second kappa shape index (κ2) is 13.0. The number of aryl methyl sites for hydroxylation is 1. The Labute approximate surface area is 270 Å². The number of halogens is 1. The summed E-state index contributed by atoms with van der Waals surface area (Å²) < 4.78 is 22.1. The summed E-state index contributed by atoms with van der Waals surface area (Å²) in [4.78, 5) is 25.6. The zero-order chi connectivity index (χ0) is 32.4. The number of likely N-dealkylation sites (tertiary alicyclic amines) is 1. The predicted molar refractivity (Wildman–Crippen MR) is 177 cm³/mol. The standard InChI is InChI=1S/C36H40FN7O2/c1-4-32(45)44-19-18-43(21-27(44)12-15-38)34-28-13-17-42(31-11-6-10-26-9-5-8-25(2)33(26)31)22-30(28)40-35(29(34)20-39)46-24-36(37)14-7-16-41(3)23-36/h4-6,8-11,27H,1,7,12-14,16-19,21-24H2,2-3H3. The first-order valence-corrected chi connectivity index (χ1v) is 16.0. The number of fused-ring (bicyclic) bond motifs is 2. The molecule has 1 aromatic heterocycles. The Morgan fingerprint density at radius 2 is 1.98 bits per heavy atom. The zero-order valence-electron chi connectivity index (χ0n) is 26.6. The molecular formula is C36H40FN7O2. The van der Waals surface area contributed by atoms with Gasteiger partial charge in [0.05, 0.1) is 36.5 Å². The van der Waals surface area contributed by atoms with Crippen LogP contribution in [-0.4, -0.2) is 85.3 Å². The van der Waals surface area contributed by atoms with Crippen molar-refractivity contribution in [2.45, 2.75) is 50.9 Å². The molecular weight excluding hydrogens is 581 g/mol. The maximum absolute atomic E-state index is 15.9. The average Bonchev–Trinajstić information content (AvgIpc) is 3.06. The van der Waals surface area contributed by atoms with Crippen LogP contribution < -0.4 is 14.5 Å². The molecule has 3 aromatic rings. The van der Waals surface area contributed by atoms with Gasteiger partial charge < -0.3 is 24.3 Å². The molecule has 0 bridgehead atoms. The molecule has 4 heterocycles. The van der Waals surface area contributed by atoms with Gasteiger partial charge >= 0.3 is 0 Å². The van der Waals surface area contributed by atoms with Gasteiger partial charge in [0.15, 0.2) is 5.67 Å². The van der Waals surface area contributed by atoms with Crippen molar-refractivity contribution >= 4 is 28.1 Å². The number of nitriles is 2. The lowest BCUT2D eigenvalue weighted by atomic mass is 9.95. The average molecular weight is 622 g/mol. The number of hydrogen-bond acceptors (Lipinski definition) is 8. The van der Waals surface area contributed by atoms with E-state index in [0.29, 0.717) is 39.0 Å². The smallest absolute Gasteiger partial charge is 0.246 e. The topological polar surface area (TPSA) is 99.7 Å². The fourth-order valence-corrected chi connectivity index (χ4v) is 7.43. The minimum Gasteiger partial charge on any atom is -0.473 e. The third-order valence-corrected chi connectivity index (χ3v) is 9.61. The molecule has 2 aromatic carbocycles. The SMILES string of the molecule is C=CC(=O)N1CCN(c2c(C#N)c(OCC3(F)CCCN(C)C3)nc3c2CCN(c2cccc4cccc(C)c24)C3)CC1CC#N. The van der Waals surface area contributed by atoms with Gasteiger partial charge in [-0.25, -0.2) is 9.37 Å². The molecule has 0 saturated carbocycles. The fourth-order valence-electron chi connectivity index (χ4n) is 7.43. The van der Waals surface area contributed by atoms with E-state index >= 15 is 4.39 Å². The highest BCUT2D eigenvalue weighted by Gasteiger charge is 2.38. The van der Waals surface area contributed by atoms with Crippen LogP contribution in [0.15, 0.2) is 49.1 Å². The van der Waals surface area contributed by atoms with E-state index in [1.807, 2.05) is 11.9 Å². The Morgan fingerprint density at radius 1 is 1.17 bits per heavy atom. The van der Waals surface area contributed by atoms with E-state index in [-0.39, 0.29) is 43.0 Å². The quantitative estimate of drug-likeness (QED) is 0.344. The summed E-state index contributed by atoms with van der Waals surface area (Å²) in [5, 5.41) is 22.5. The molecule has 0 spiro atoms. The van der Waals surface area contributed by atoms with Gasteiger partial charge in [-0.3, -0.25) is 4.79 Å². The normalized spacial score (nSPS) is 21.8. The number of piperazine rings is 1. The number of ether oxygens (including phenoxy) is 1. The first-order chi connectivity index (χ1) is 22.2. The number of carbonyl (C=O) groups excluding carboxylic acids is 1. The molecule has 6 rings (SSSR count). The number of carbonyl (C=O) groups is 1. The molecule has 2 fully saturated rings. The van der Waals surface area contributed by atoms with Crippen LogP contribution in [0.25, 0.3) is 10.8 Å². The van der Waals surface area contributed by atoms with E-state index < -0.39 is 5.67 Å². The largest absolute Gasteiger partial charge is 0.473 e. The van der Waals surface area contributed by atoms with E-state index in [4.69, 9.17) is 9.72 Å². The summed E-state index contributed by atoms with van der Waals surface area (Å²) in [6.07, 6.45) is 3.19. The van der Waals surface area contributed by atoms with E-state index in [2.05, 4.69) is 71.8 Å². The molecule has 3 aliphatic heterocycles. The molecule has 0 N–H and O–H groups in total. The second-order valence-corrected chi connectivity index (χ2v) is 12.8. The monoisotopic (exact) mass is 621 g/mol. The van der Waals surface area contributed by atoms with Crippen LogP contribution in [0.3, 0.4) is 0 Å². The maximum atomic E-state index is 15.9. The minimum atomic E-state index is -1.54. The summed E-state index contributed by atoms with van der Waals surface area (Å²) in [6, 6.07) is 16.8. The molecule has 0 radical (unpaired) electrons. The Morgan fingerprint density at radius 3 is 2.72 bits per heavy atom. The van der Waals surface area contributed by atoms with E-state index in [9.17, 15) is 15.3 Å². The van der Waals surface area contributed by atoms with Crippen molar-refractivity contribution in [1.29, 1.82) is 10.5 Å². The van der Waals surface area contributed by atoms with Crippen molar-refractivity contribution < 1.29 is 13.9 Å². The van der Waals surface area contributed by atoms with Crippen LogP contribution in [-0.2, 0) is 17.8 Å². The van der Waals surface area contributed by atoms with Gasteiger partial charge in [0, 0.05) is 49.4 Å². The molecule has 2 saturated heterocycles. The number of piperidine rings is 1. The Balaban J connectivity index is 1.41. The molecule has 3 aliphatic rings. The fraction of sp³-hybridized carbons (Fsp3) is 0.444. The molecule has 238 valence electrons. The van der Waals surface area contributed by atoms with Crippen LogP contribution >= 0.6 is 0 Å². The van der Waals surface area contributed by atoms with Gasteiger partial charge in [0.1, 0.15) is 18.2 Å². The summed E-state index contributed by atoms with van der Waals surface area (Å²) in [5.41, 5.74) is 3.52. The minimum absolute atomic E-state index is 0.138. The number of amides is 1. The zero-order valence-corrected chi connectivity index (χ0v) is 26.6. The molecule has 1 amide bonds. The third kappa shape index (κ3) is 5.98. The predicted octanol–water partition coefficient (Wildman–Crippen LogP) is 4.91. The molecule has 9 nitrogen and oxygen atoms in total. The van der Waals surface area contributed by atoms with Gasteiger partial charge in [0.25, 0.3) is 0 Å². The molecule has 10 heteroatoms. The number of nitrogens with zero attached hydrogens (tertiary/aromatic N) is 7. The van der Waals surface area contributed by atoms with Crippen LogP contribution in [0.4, 0.5) is 15.8 Å². The lowest BCUT2D eigenvalue weighted by Gasteiger charge is -2.43. The number of benzene rings is 2. The van der Waals surface area contributed by atoms with Crippen LogP contribution in [0.5, 0.6) is 5.88 Å². The first-order valence-electron chi connectivity index (χ1n) is 16.0. The lowest BCUT2D eigenvalue weighted by Crippen LogP contribution is -2.55. The van der Waals surface area contributed by atoms with Crippen LogP contribution in [0.1, 0.15) is 41.6 Å². The first kappa shape index (κ1) is 31.3. The van der Waals surface area contributed by atoms with Crippen LogP contribution in [0.2, 0.25) is 0 Å². The van der Waals surface area contributed by atoms with Gasteiger partial charge in [-0.05, 0) is 62.9 Å². The van der Waals surface area contributed by atoms with Gasteiger partial charge in [0.2, 0.25) is 11.8 Å². The highest BCUT2D eigenvalue weighted by molar-refractivity contribution is 5.97. The Hall–Kier alpha value is -4.67. The number of pyridine rings is 1. The van der Waals surface area contributed by atoms with Crippen molar-refractivity contribution in [2.75, 3.05) is 62.7 Å². The third-order valence-electron chi connectivity index (χ3n) is 9.61. The molecule has 2 atom stereocenters. The summed E-state index contributed by atoms with van der Waals surface area (Å²) in [7, 11) is 1.90. The molecule has 46 heavy (non-hydrogen) atoms. The summed E-state index contributed by atoms with van der Waals surface area (Å²) >= 11 is 0. The van der Waals surface area contributed by atoms with Crippen molar-refractivity contribution in [1.82, 2.24) is 14.8 Å². The van der Waals surface area contributed by atoms with Crippen molar-refractivity contribution in [3.63, 3.8) is 0 Å². The Bertz CT molecular complexity index is 1740. The number of alkyl halides is 1. The van der Waals surface area contributed by atoms with E-state index in [1.165, 1.54) is 22.4 Å². The Kier molecular flexibility index (Phi) is 8.84. The van der Waals surface area contributed by atoms with Crippen molar-refractivity contribution in [3.05, 3.63) is 71.4 Å². The van der Waals surface area contributed by atoms with Gasteiger partial charge in [-0.2, -0.15) is 10.5 Å². The summed E-state index contributed by atoms with van der Waals surface area (Å²) in [5.74, 6) is -0.0771. The number of rotatable bonds is 7. The summed E-state index contributed by atoms with van der Waals surface area (Å²) in [6.45, 7) is 9.11. The number of hydrogen-bond donors (Lipinski definition) is 0.